The van der Waals surface area contributed by atoms with E-state index < -0.39 is 21.8 Å². The number of hydrazine groups is 1. The van der Waals surface area contributed by atoms with E-state index in [2.05, 4.69) is 12.2 Å². The summed E-state index contributed by atoms with van der Waals surface area (Å²) in [5, 5.41) is 2.39. The molecule has 2 aromatic carbocycles. The first-order valence-electron chi connectivity index (χ1n) is 8.52. The number of anilines is 1. The van der Waals surface area contributed by atoms with E-state index in [9.17, 15) is 18.0 Å². The average molecular weight is 389 g/mol. The van der Waals surface area contributed by atoms with Crippen LogP contribution in [-0.4, -0.2) is 20.2 Å². The van der Waals surface area contributed by atoms with Gasteiger partial charge in [0.2, 0.25) is 0 Å². The number of carbonyl (C=O) groups is 2. The molecule has 2 amide bonds. The van der Waals surface area contributed by atoms with Gasteiger partial charge in [-0.25, -0.2) is 8.42 Å². The highest BCUT2D eigenvalue weighted by Gasteiger charge is 2.19. The SMILES string of the molecule is CC[C@H](C)c1ccc(S(=O)(=O)NNC(=O)C(=O)Nc2ccc(C)cc2)cc1. The van der Waals surface area contributed by atoms with Crippen LogP contribution < -0.4 is 15.6 Å². The minimum absolute atomic E-state index is 0.00574. The number of benzene rings is 2. The molecule has 1 atom stereocenters. The van der Waals surface area contributed by atoms with Gasteiger partial charge in [-0.05, 0) is 49.1 Å². The summed E-state index contributed by atoms with van der Waals surface area (Å²) in [7, 11) is -3.98. The molecule has 0 aliphatic rings. The van der Waals surface area contributed by atoms with Crippen molar-refractivity contribution in [2.75, 3.05) is 5.32 Å². The number of sulfonamides is 1. The van der Waals surface area contributed by atoms with Crippen molar-refractivity contribution in [2.24, 2.45) is 0 Å². The van der Waals surface area contributed by atoms with Gasteiger partial charge in [-0.2, -0.15) is 0 Å². The predicted octanol–water partition coefficient (Wildman–Crippen LogP) is 2.46. The summed E-state index contributed by atoms with van der Waals surface area (Å²) in [6.07, 6.45) is 0.941. The number of hydrogen-bond acceptors (Lipinski definition) is 4. The van der Waals surface area contributed by atoms with Crippen LogP contribution in [0.4, 0.5) is 5.69 Å². The van der Waals surface area contributed by atoms with Crippen LogP contribution in [0, 0.1) is 6.92 Å². The zero-order valence-electron chi connectivity index (χ0n) is 15.4. The molecule has 0 aliphatic carbocycles. The van der Waals surface area contributed by atoms with Gasteiger partial charge in [0.05, 0.1) is 4.90 Å². The first-order chi connectivity index (χ1) is 12.7. The normalized spacial score (nSPS) is 12.3. The number of amides is 2. The molecule has 144 valence electrons. The zero-order chi connectivity index (χ0) is 20.0. The first-order valence-corrected chi connectivity index (χ1v) is 10.0. The van der Waals surface area contributed by atoms with Gasteiger partial charge >= 0.3 is 11.8 Å². The highest BCUT2D eigenvalue weighted by molar-refractivity contribution is 7.89. The summed E-state index contributed by atoms with van der Waals surface area (Å²) in [6, 6.07) is 13.2. The van der Waals surface area contributed by atoms with Crippen LogP contribution in [0.5, 0.6) is 0 Å². The summed E-state index contributed by atoms with van der Waals surface area (Å²) >= 11 is 0. The Balaban J connectivity index is 1.96. The minimum Gasteiger partial charge on any atom is -0.318 e. The Morgan fingerprint density at radius 2 is 1.56 bits per heavy atom. The molecule has 2 rings (SSSR count). The maximum Gasteiger partial charge on any atom is 0.324 e. The maximum absolute atomic E-state index is 12.2. The molecule has 0 saturated heterocycles. The Bertz CT molecular complexity index is 907. The first kappa shape index (κ1) is 20.6. The lowest BCUT2D eigenvalue weighted by atomic mass is 9.99. The van der Waals surface area contributed by atoms with E-state index in [0.717, 1.165) is 17.5 Å². The van der Waals surface area contributed by atoms with Gasteiger partial charge in [0.25, 0.3) is 10.0 Å². The molecule has 3 N–H and O–H groups in total. The fraction of sp³-hybridized carbons (Fsp3) is 0.263. The van der Waals surface area contributed by atoms with E-state index in [1.54, 1.807) is 36.4 Å². The van der Waals surface area contributed by atoms with Gasteiger partial charge in [0, 0.05) is 5.69 Å². The van der Waals surface area contributed by atoms with Crippen LogP contribution in [-0.2, 0) is 19.6 Å². The third-order valence-corrected chi connectivity index (χ3v) is 5.45. The molecule has 0 spiro atoms. The number of hydrogen-bond donors (Lipinski definition) is 3. The molecule has 0 bridgehead atoms. The molecule has 0 saturated carbocycles. The van der Waals surface area contributed by atoms with E-state index >= 15 is 0 Å². The van der Waals surface area contributed by atoms with Crippen LogP contribution >= 0.6 is 0 Å². The molecule has 0 fully saturated rings. The Morgan fingerprint density at radius 1 is 0.963 bits per heavy atom. The van der Waals surface area contributed by atoms with Crippen molar-refractivity contribution in [1.29, 1.82) is 0 Å². The summed E-state index contributed by atoms with van der Waals surface area (Å²) in [4.78, 5) is 25.6. The Kier molecular flexibility index (Phi) is 6.70. The van der Waals surface area contributed by atoms with Crippen molar-refractivity contribution in [1.82, 2.24) is 10.3 Å². The van der Waals surface area contributed by atoms with Gasteiger partial charge in [-0.15, -0.1) is 4.83 Å². The van der Waals surface area contributed by atoms with Gasteiger partial charge in [-0.3, -0.25) is 15.0 Å². The monoisotopic (exact) mass is 389 g/mol. The largest absolute Gasteiger partial charge is 0.324 e. The van der Waals surface area contributed by atoms with Crippen LogP contribution in [0.3, 0.4) is 0 Å². The van der Waals surface area contributed by atoms with Crippen LogP contribution in [0.2, 0.25) is 0 Å². The van der Waals surface area contributed by atoms with E-state index in [-0.39, 0.29) is 4.90 Å². The van der Waals surface area contributed by atoms with Crippen LogP contribution in [0.1, 0.15) is 37.3 Å². The zero-order valence-corrected chi connectivity index (χ0v) is 16.3. The summed E-state index contributed by atoms with van der Waals surface area (Å²) in [5.41, 5.74) is 4.38. The second-order valence-corrected chi connectivity index (χ2v) is 7.94. The molecule has 0 radical (unpaired) electrons. The lowest BCUT2D eigenvalue weighted by molar-refractivity contribution is -0.136. The average Bonchev–Trinajstić information content (AvgIpc) is 2.67. The number of aryl methyl sites for hydroxylation is 1. The number of carbonyl (C=O) groups excluding carboxylic acids is 2. The third-order valence-electron chi connectivity index (χ3n) is 4.19. The molecule has 0 aromatic heterocycles. The van der Waals surface area contributed by atoms with Crippen molar-refractivity contribution >= 4 is 27.5 Å². The van der Waals surface area contributed by atoms with Crippen molar-refractivity contribution in [2.45, 2.75) is 38.0 Å². The highest BCUT2D eigenvalue weighted by Crippen LogP contribution is 2.20. The van der Waals surface area contributed by atoms with E-state index in [1.807, 2.05) is 24.1 Å². The minimum atomic E-state index is -3.98. The van der Waals surface area contributed by atoms with Gasteiger partial charge < -0.3 is 5.32 Å². The molecule has 27 heavy (non-hydrogen) atoms. The van der Waals surface area contributed by atoms with Crippen LogP contribution in [0.25, 0.3) is 0 Å². The second-order valence-electron chi connectivity index (χ2n) is 6.26. The molecule has 8 heteroatoms. The molecule has 0 heterocycles. The Labute approximate surface area is 159 Å². The summed E-state index contributed by atoms with van der Waals surface area (Å²) in [5.74, 6) is -1.77. The van der Waals surface area contributed by atoms with Gasteiger partial charge in [-0.1, -0.05) is 43.7 Å². The summed E-state index contributed by atoms with van der Waals surface area (Å²) in [6.45, 7) is 5.99. The molecular formula is C19H23N3O4S. The molecule has 7 nitrogen and oxygen atoms in total. The second kappa shape index (κ2) is 8.79. The molecule has 0 aliphatic heterocycles. The lowest BCUT2D eigenvalue weighted by Crippen LogP contribution is -2.46. The van der Waals surface area contributed by atoms with Gasteiger partial charge in [0.15, 0.2) is 0 Å². The Hall–Kier alpha value is -2.71. The van der Waals surface area contributed by atoms with Crippen LogP contribution in [0.15, 0.2) is 53.4 Å². The van der Waals surface area contributed by atoms with Crippen molar-refractivity contribution < 1.29 is 18.0 Å². The van der Waals surface area contributed by atoms with Crippen molar-refractivity contribution in [3.05, 3.63) is 59.7 Å². The number of rotatable bonds is 6. The van der Waals surface area contributed by atoms with E-state index in [4.69, 9.17) is 0 Å². The molecule has 0 unspecified atom stereocenters. The number of nitrogens with one attached hydrogen (secondary N) is 3. The highest BCUT2D eigenvalue weighted by atomic mass is 32.2. The smallest absolute Gasteiger partial charge is 0.318 e. The quantitative estimate of drug-likeness (QED) is 0.521. The Morgan fingerprint density at radius 3 is 2.11 bits per heavy atom. The molecule has 2 aromatic rings. The maximum atomic E-state index is 12.2. The summed E-state index contributed by atoms with van der Waals surface area (Å²) < 4.78 is 24.5. The predicted molar refractivity (Wildman–Crippen MR) is 103 cm³/mol. The van der Waals surface area contributed by atoms with Crippen molar-refractivity contribution in [3.8, 4) is 0 Å². The standard InChI is InChI=1S/C19H23N3O4S/c1-4-14(3)15-7-11-17(12-8-15)27(25,26)22-21-19(24)18(23)20-16-9-5-13(2)6-10-16/h5-12,14,22H,4H2,1-3H3,(H,20,23)(H,21,24)/t14-/m0/s1. The van der Waals surface area contributed by atoms with E-state index in [1.165, 1.54) is 12.1 Å². The molecular weight excluding hydrogens is 366 g/mol. The lowest BCUT2D eigenvalue weighted by Gasteiger charge is -2.11. The van der Waals surface area contributed by atoms with Crippen molar-refractivity contribution in [3.63, 3.8) is 0 Å². The van der Waals surface area contributed by atoms with E-state index in [0.29, 0.717) is 11.6 Å². The fourth-order valence-corrected chi connectivity index (χ4v) is 3.10. The topological polar surface area (TPSA) is 104 Å². The fourth-order valence-electron chi connectivity index (χ4n) is 2.27. The third kappa shape index (κ3) is 5.63. The van der Waals surface area contributed by atoms with Gasteiger partial charge in [0.1, 0.15) is 0 Å².